The molecule has 0 saturated carbocycles. The topological polar surface area (TPSA) is 157 Å². The van der Waals surface area contributed by atoms with Crippen molar-refractivity contribution in [2.75, 3.05) is 13.2 Å². The molecule has 0 bridgehead atoms. The van der Waals surface area contributed by atoms with Crippen molar-refractivity contribution in [3.63, 3.8) is 0 Å². The number of halogens is 8. The molecule has 1 aliphatic heterocycles. The Morgan fingerprint density at radius 3 is 1.78 bits per heavy atom. The smallest absolute Gasteiger partial charge is 0.490 e. The van der Waals surface area contributed by atoms with E-state index in [1.807, 2.05) is 12.1 Å². The number of ether oxygens (including phenoxy) is 1. The first-order valence-corrected chi connectivity index (χ1v) is 15.1. The summed E-state index contributed by atoms with van der Waals surface area (Å²) in [6.07, 6.45) is -8.66. The average molecular weight is 749 g/mol. The van der Waals surface area contributed by atoms with E-state index < -0.39 is 41.7 Å². The number of nitrogens with zero attached hydrogens (tertiary/aromatic N) is 1. The van der Waals surface area contributed by atoms with Crippen LogP contribution in [-0.4, -0.2) is 91.5 Å². The van der Waals surface area contributed by atoms with E-state index in [1.54, 1.807) is 6.92 Å². The minimum Gasteiger partial charge on any atom is -0.490 e. The van der Waals surface area contributed by atoms with E-state index in [9.17, 15) is 40.6 Å². The number of aliphatic hydroxyl groups is 1. The fourth-order valence-electron chi connectivity index (χ4n) is 5.28. The number of benzene rings is 2. The van der Waals surface area contributed by atoms with E-state index >= 15 is 0 Å². The summed E-state index contributed by atoms with van der Waals surface area (Å²) in [4.78, 5) is 31.4. The van der Waals surface area contributed by atoms with E-state index in [0.29, 0.717) is 5.56 Å². The number of nitrogens with one attached hydrogen (secondary N) is 1. The minimum atomic E-state index is -5.08. The molecule has 10 nitrogen and oxygen atoms in total. The zero-order valence-corrected chi connectivity index (χ0v) is 28.5. The van der Waals surface area contributed by atoms with E-state index in [2.05, 4.69) is 50.0 Å². The van der Waals surface area contributed by atoms with Gasteiger partial charge in [-0.15, -0.1) is 0 Å². The van der Waals surface area contributed by atoms with Crippen LogP contribution in [-0.2, 0) is 27.3 Å². The van der Waals surface area contributed by atoms with E-state index in [4.69, 9.17) is 41.2 Å². The third-order valence-corrected chi connectivity index (χ3v) is 7.63. The quantitative estimate of drug-likeness (QED) is 0.175. The summed E-state index contributed by atoms with van der Waals surface area (Å²) >= 11 is 6.06. The molecule has 0 aliphatic carbocycles. The maximum absolute atomic E-state index is 13.7. The molecule has 2 aromatic carbocycles. The van der Waals surface area contributed by atoms with Gasteiger partial charge in [0.05, 0.1) is 6.42 Å². The monoisotopic (exact) mass is 748 g/mol. The first-order valence-electron chi connectivity index (χ1n) is 14.8. The molecule has 0 aromatic heterocycles. The SMILES string of the molecule is CC1(C)CC(NC[C@](C)(O)COc2cc(F)ccc2CC(=O)O)CC(C)(C)N1Cc1ccc(Cl)cc1.O=C(O)C(F)(F)F.O=C(O)C(F)(F)F. The Labute approximate surface area is 288 Å². The van der Waals surface area contributed by atoms with Crippen molar-refractivity contribution in [2.45, 2.75) is 95.5 Å². The van der Waals surface area contributed by atoms with Gasteiger partial charge < -0.3 is 30.5 Å². The van der Waals surface area contributed by atoms with Crippen LogP contribution >= 0.6 is 11.6 Å². The lowest BCUT2D eigenvalue weighted by Crippen LogP contribution is -2.64. The molecule has 5 N–H and O–H groups in total. The van der Waals surface area contributed by atoms with Crippen LogP contribution in [0.3, 0.4) is 0 Å². The number of hydrogen-bond acceptors (Lipinski definition) is 7. The molecular weight excluding hydrogens is 709 g/mol. The van der Waals surface area contributed by atoms with Crippen molar-refractivity contribution >= 4 is 29.5 Å². The molecule has 0 radical (unpaired) electrons. The van der Waals surface area contributed by atoms with Gasteiger partial charge in [0.2, 0.25) is 0 Å². The van der Waals surface area contributed by atoms with Gasteiger partial charge in [-0.25, -0.2) is 14.0 Å². The van der Waals surface area contributed by atoms with Crippen molar-refractivity contribution in [1.82, 2.24) is 10.2 Å². The van der Waals surface area contributed by atoms with Crippen LogP contribution in [0.25, 0.3) is 0 Å². The zero-order valence-electron chi connectivity index (χ0n) is 27.8. The molecule has 2 aromatic rings. The first-order chi connectivity index (χ1) is 22.6. The second-order valence-corrected chi connectivity index (χ2v) is 13.5. The molecule has 1 saturated heterocycles. The Bertz CT molecular complexity index is 1410. The zero-order chi connectivity index (χ0) is 38.9. The molecule has 0 amide bonds. The number of carboxylic acids is 3. The highest BCUT2D eigenvalue weighted by molar-refractivity contribution is 6.30. The van der Waals surface area contributed by atoms with Gasteiger partial charge in [-0.05, 0) is 71.2 Å². The van der Waals surface area contributed by atoms with Gasteiger partial charge in [-0.1, -0.05) is 29.8 Å². The molecule has 0 spiro atoms. The second-order valence-electron chi connectivity index (χ2n) is 13.0. The van der Waals surface area contributed by atoms with Crippen LogP contribution in [0, 0.1) is 5.82 Å². The molecule has 1 atom stereocenters. The van der Waals surface area contributed by atoms with E-state index in [0.717, 1.165) is 30.5 Å². The fourth-order valence-corrected chi connectivity index (χ4v) is 5.41. The number of aliphatic carboxylic acids is 3. The standard InChI is InChI=1S/C28H38ClFN2O4.2C2HF3O2/c1-26(2)14-23(15-27(3,4)32(26)16-19-6-9-21(29)10-7-19)31-17-28(5,35)18-36-24-13-22(30)11-8-20(24)12-25(33)34;2*3-2(4,5)1(6)7/h6-11,13,23,31,35H,12,14-18H2,1-5H3,(H,33,34);2*(H,6,7)/t28-;;/m0../s1. The van der Waals surface area contributed by atoms with E-state index in [-0.39, 0.29) is 42.4 Å². The van der Waals surface area contributed by atoms with Crippen LogP contribution in [0.15, 0.2) is 42.5 Å². The van der Waals surface area contributed by atoms with Crippen LogP contribution < -0.4 is 10.1 Å². The van der Waals surface area contributed by atoms with Gasteiger partial charge >= 0.3 is 30.3 Å². The molecule has 0 unspecified atom stereocenters. The first kappa shape index (κ1) is 44.4. The lowest BCUT2D eigenvalue weighted by atomic mass is 9.76. The molecule has 282 valence electrons. The van der Waals surface area contributed by atoms with Gasteiger partial charge in [0, 0.05) is 46.9 Å². The molecule has 50 heavy (non-hydrogen) atoms. The molecule has 3 rings (SSSR count). The van der Waals surface area contributed by atoms with Crippen molar-refractivity contribution in [1.29, 1.82) is 0 Å². The number of piperidine rings is 1. The number of carbonyl (C=O) groups is 3. The summed E-state index contributed by atoms with van der Waals surface area (Å²) in [6.45, 7) is 11.6. The number of rotatable bonds is 10. The summed E-state index contributed by atoms with van der Waals surface area (Å²) in [5.41, 5.74) is 0.168. The average Bonchev–Trinajstić information content (AvgIpc) is 2.94. The van der Waals surface area contributed by atoms with Gasteiger partial charge in [0.25, 0.3) is 0 Å². The molecule has 1 aliphatic rings. The summed E-state index contributed by atoms with van der Waals surface area (Å²) < 4.78 is 82.9. The second kappa shape index (κ2) is 17.5. The van der Waals surface area contributed by atoms with Crippen molar-refractivity contribution in [3.05, 3.63) is 64.4 Å². The van der Waals surface area contributed by atoms with Crippen LogP contribution in [0.5, 0.6) is 5.75 Å². The lowest BCUT2D eigenvalue weighted by molar-refractivity contribution is -0.193. The number of hydrogen-bond donors (Lipinski definition) is 5. The Hall–Kier alpha value is -3.67. The highest BCUT2D eigenvalue weighted by atomic mass is 35.5. The van der Waals surface area contributed by atoms with Crippen LogP contribution in [0.4, 0.5) is 30.7 Å². The maximum Gasteiger partial charge on any atom is 0.490 e. The molecular formula is C32H40ClF7N2O8. The fraction of sp³-hybridized carbons (Fsp3) is 0.531. The largest absolute Gasteiger partial charge is 0.490 e. The summed E-state index contributed by atoms with van der Waals surface area (Å²) in [5.74, 6) is -6.94. The van der Waals surface area contributed by atoms with Gasteiger partial charge in [0.1, 0.15) is 23.8 Å². The predicted molar refractivity (Wildman–Crippen MR) is 167 cm³/mol. The molecule has 1 heterocycles. The summed E-state index contributed by atoms with van der Waals surface area (Å²) in [7, 11) is 0. The van der Waals surface area contributed by atoms with E-state index in [1.165, 1.54) is 17.7 Å². The van der Waals surface area contributed by atoms with Gasteiger partial charge in [0.15, 0.2) is 0 Å². The highest BCUT2D eigenvalue weighted by Crippen LogP contribution is 2.40. The third-order valence-electron chi connectivity index (χ3n) is 7.37. The number of alkyl halides is 6. The van der Waals surface area contributed by atoms with Gasteiger partial charge in [-0.3, -0.25) is 9.69 Å². The Morgan fingerprint density at radius 2 is 1.36 bits per heavy atom. The summed E-state index contributed by atoms with van der Waals surface area (Å²) in [6, 6.07) is 11.9. The third kappa shape index (κ3) is 15.5. The highest BCUT2D eigenvalue weighted by Gasteiger charge is 2.45. The molecule has 18 heteroatoms. The van der Waals surface area contributed by atoms with Crippen LogP contribution in [0.1, 0.15) is 58.6 Å². The van der Waals surface area contributed by atoms with Crippen molar-refractivity contribution in [3.8, 4) is 5.75 Å². The Morgan fingerprint density at radius 1 is 0.900 bits per heavy atom. The van der Waals surface area contributed by atoms with Crippen molar-refractivity contribution < 1.29 is 70.3 Å². The maximum atomic E-state index is 13.7. The lowest BCUT2D eigenvalue weighted by Gasteiger charge is -2.56. The number of carboxylic acid groups (broad SMARTS) is 3. The normalized spacial score (nSPS) is 17.2. The molecule has 1 fully saturated rings. The van der Waals surface area contributed by atoms with Crippen molar-refractivity contribution in [2.24, 2.45) is 0 Å². The Balaban J connectivity index is 0.000000748. The Kier molecular flexibility index (Phi) is 15.5. The summed E-state index contributed by atoms with van der Waals surface area (Å²) in [5, 5.41) is 38.6. The van der Waals surface area contributed by atoms with Gasteiger partial charge in [-0.2, -0.15) is 26.3 Å². The predicted octanol–water partition coefficient (Wildman–Crippen LogP) is 6.31. The number of likely N-dealkylation sites (tertiary alicyclic amines) is 1. The minimum absolute atomic E-state index is 0.0886. The van der Waals surface area contributed by atoms with Crippen LogP contribution in [0.2, 0.25) is 5.02 Å².